The molecule has 2 N–H and O–H groups in total. The lowest BCUT2D eigenvalue weighted by Crippen LogP contribution is -2.20. The van der Waals surface area contributed by atoms with Gasteiger partial charge in [0.2, 0.25) is 0 Å². The van der Waals surface area contributed by atoms with Crippen LogP contribution in [0.15, 0.2) is 54.6 Å². The van der Waals surface area contributed by atoms with Crippen LogP contribution in [0.4, 0.5) is 11.4 Å². The lowest BCUT2D eigenvalue weighted by molar-refractivity contribution is -0.118. The summed E-state index contributed by atoms with van der Waals surface area (Å²) >= 11 is 6.49. The Morgan fingerprint density at radius 3 is 2.31 bits per heavy atom. The van der Waals surface area contributed by atoms with E-state index in [4.69, 9.17) is 21.1 Å². The Labute approximate surface area is 194 Å². The third kappa shape index (κ3) is 6.41. The number of carbonyl (C=O) groups is 1. The number of rotatable bonds is 9. The van der Waals surface area contributed by atoms with E-state index >= 15 is 0 Å². The Morgan fingerprint density at radius 1 is 0.906 bits per heavy atom. The molecule has 32 heavy (non-hydrogen) atoms. The van der Waals surface area contributed by atoms with Gasteiger partial charge in [-0.3, -0.25) is 4.79 Å². The van der Waals surface area contributed by atoms with Gasteiger partial charge < -0.3 is 20.1 Å². The number of anilines is 2. The van der Waals surface area contributed by atoms with Crippen molar-refractivity contribution in [3.8, 4) is 11.5 Å². The minimum atomic E-state index is -0.271. The predicted molar refractivity (Wildman–Crippen MR) is 131 cm³/mol. The SMILES string of the molecule is CCOc1cc(CNc2ccc(C)c(C)c2)cc(Cl)c1OCC(=O)Nc1ccc(C)cc1. The van der Waals surface area contributed by atoms with Gasteiger partial charge in [-0.1, -0.05) is 35.4 Å². The summed E-state index contributed by atoms with van der Waals surface area (Å²) in [6.07, 6.45) is 0. The summed E-state index contributed by atoms with van der Waals surface area (Å²) in [5, 5.41) is 6.62. The summed E-state index contributed by atoms with van der Waals surface area (Å²) in [5.74, 6) is 0.607. The van der Waals surface area contributed by atoms with Crippen LogP contribution in [0.25, 0.3) is 0 Å². The smallest absolute Gasteiger partial charge is 0.262 e. The van der Waals surface area contributed by atoms with Crippen LogP contribution in [0.3, 0.4) is 0 Å². The molecule has 1 amide bonds. The first-order chi connectivity index (χ1) is 15.4. The summed E-state index contributed by atoms with van der Waals surface area (Å²) < 4.78 is 11.5. The molecule has 0 aliphatic heterocycles. The summed E-state index contributed by atoms with van der Waals surface area (Å²) in [7, 11) is 0. The van der Waals surface area contributed by atoms with Gasteiger partial charge in [-0.25, -0.2) is 0 Å². The lowest BCUT2D eigenvalue weighted by Gasteiger charge is -2.16. The van der Waals surface area contributed by atoms with Gasteiger partial charge in [-0.2, -0.15) is 0 Å². The average molecular weight is 453 g/mol. The van der Waals surface area contributed by atoms with Crippen LogP contribution in [0.5, 0.6) is 11.5 Å². The zero-order valence-corrected chi connectivity index (χ0v) is 19.7. The first kappa shape index (κ1) is 23.5. The van der Waals surface area contributed by atoms with E-state index in [1.165, 1.54) is 11.1 Å². The van der Waals surface area contributed by atoms with Gasteiger partial charge in [-0.05, 0) is 80.8 Å². The van der Waals surface area contributed by atoms with E-state index in [9.17, 15) is 4.79 Å². The van der Waals surface area contributed by atoms with Gasteiger partial charge in [0.1, 0.15) is 0 Å². The van der Waals surface area contributed by atoms with Crippen molar-refractivity contribution in [1.29, 1.82) is 0 Å². The van der Waals surface area contributed by atoms with E-state index in [0.717, 1.165) is 16.8 Å². The summed E-state index contributed by atoms with van der Waals surface area (Å²) in [4.78, 5) is 12.3. The van der Waals surface area contributed by atoms with Crippen LogP contribution < -0.4 is 20.1 Å². The molecule has 6 heteroatoms. The van der Waals surface area contributed by atoms with Crippen molar-refractivity contribution < 1.29 is 14.3 Å². The van der Waals surface area contributed by atoms with Gasteiger partial charge in [0.25, 0.3) is 5.91 Å². The third-order valence-electron chi connectivity index (χ3n) is 5.06. The minimum absolute atomic E-state index is 0.173. The number of halogens is 1. The molecule has 168 valence electrons. The van der Waals surface area contributed by atoms with E-state index < -0.39 is 0 Å². The Hall–Kier alpha value is -3.18. The van der Waals surface area contributed by atoms with Crippen LogP contribution in [0, 0.1) is 20.8 Å². The number of nitrogens with one attached hydrogen (secondary N) is 2. The highest BCUT2D eigenvalue weighted by Gasteiger charge is 2.15. The van der Waals surface area contributed by atoms with Gasteiger partial charge >= 0.3 is 0 Å². The highest BCUT2D eigenvalue weighted by molar-refractivity contribution is 6.32. The third-order valence-corrected chi connectivity index (χ3v) is 5.34. The molecule has 0 aliphatic carbocycles. The number of ether oxygens (including phenoxy) is 2. The standard InChI is InChI=1S/C26H29ClN2O3/c1-5-31-24-14-20(15-28-22-11-8-18(3)19(4)12-22)13-23(27)26(24)32-16-25(30)29-21-9-6-17(2)7-10-21/h6-14,28H,5,15-16H2,1-4H3,(H,29,30). The second kappa shape index (κ2) is 10.9. The van der Waals surface area contributed by atoms with E-state index in [1.807, 2.05) is 50.2 Å². The molecule has 3 aromatic carbocycles. The van der Waals surface area contributed by atoms with Crippen LogP contribution in [-0.2, 0) is 11.3 Å². The Bertz CT molecular complexity index is 1080. The maximum Gasteiger partial charge on any atom is 0.262 e. The van der Waals surface area contributed by atoms with Crippen molar-refractivity contribution in [1.82, 2.24) is 0 Å². The quantitative estimate of drug-likeness (QED) is 0.400. The monoisotopic (exact) mass is 452 g/mol. The fourth-order valence-corrected chi connectivity index (χ4v) is 3.44. The number of amides is 1. The van der Waals surface area contributed by atoms with E-state index in [1.54, 1.807) is 0 Å². The first-order valence-electron chi connectivity index (χ1n) is 10.6. The predicted octanol–water partition coefficient (Wildman–Crippen LogP) is 6.29. The molecular weight excluding hydrogens is 424 g/mol. The molecule has 0 saturated heterocycles. The number of carbonyl (C=O) groups excluding carboxylic acids is 1. The molecule has 0 saturated carbocycles. The van der Waals surface area contributed by atoms with Gasteiger partial charge in [0, 0.05) is 17.9 Å². The lowest BCUT2D eigenvalue weighted by atomic mass is 10.1. The molecule has 0 heterocycles. The van der Waals surface area contributed by atoms with Gasteiger partial charge in [0.15, 0.2) is 18.1 Å². The van der Waals surface area contributed by atoms with Gasteiger partial charge in [0.05, 0.1) is 11.6 Å². The summed E-state index contributed by atoms with van der Waals surface area (Å²) in [6.45, 7) is 8.92. The van der Waals surface area contributed by atoms with E-state index in [0.29, 0.717) is 35.4 Å². The molecule has 0 aromatic heterocycles. The number of benzene rings is 3. The van der Waals surface area contributed by atoms with Crippen molar-refractivity contribution in [3.63, 3.8) is 0 Å². The van der Waals surface area contributed by atoms with Crippen molar-refractivity contribution in [2.45, 2.75) is 34.2 Å². The fraction of sp³-hybridized carbons (Fsp3) is 0.269. The van der Waals surface area contributed by atoms with Crippen molar-refractivity contribution in [2.24, 2.45) is 0 Å². The zero-order chi connectivity index (χ0) is 23.1. The maximum atomic E-state index is 12.3. The maximum absolute atomic E-state index is 12.3. The molecule has 0 fully saturated rings. The van der Waals surface area contributed by atoms with Gasteiger partial charge in [-0.15, -0.1) is 0 Å². The van der Waals surface area contributed by atoms with E-state index in [-0.39, 0.29) is 12.5 Å². The Kier molecular flexibility index (Phi) is 8.01. The number of hydrogen-bond acceptors (Lipinski definition) is 4. The summed E-state index contributed by atoms with van der Waals surface area (Å²) in [5.41, 5.74) is 6.32. The van der Waals surface area contributed by atoms with Crippen molar-refractivity contribution in [3.05, 3.63) is 81.9 Å². The largest absolute Gasteiger partial charge is 0.490 e. The Morgan fingerprint density at radius 2 is 1.62 bits per heavy atom. The molecule has 3 rings (SSSR count). The number of hydrogen-bond donors (Lipinski definition) is 2. The molecule has 0 atom stereocenters. The van der Waals surface area contributed by atoms with Crippen LogP contribution >= 0.6 is 11.6 Å². The minimum Gasteiger partial charge on any atom is -0.490 e. The molecule has 0 unspecified atom stereocenters. The highest BCUT2D eigenvalue weighted by Crippen LogP contribution is 2.37. The molecular formula is C26H29ClN2O3. The molecule has 0 aliphatic rings. The first-order valence-corrected chi connectivity index (χ1v) is 11.0. The average Bonchev–Trinajstić information content (AvgIpc) is 2.76. The molecule has 0 bridgehead atoms. The topological polar surface area (TPSA) is 59.6 Å². The molecule has 3 aromatic rings. The van der Waals surface area contributed by atoms with Crippen LogP contribution in [0.1, 0.15) is 29.2 Å². The van der Waals surface area contributed by atoms with Crippen molar-refractivity contribution >= 4 is 28.9 Å². The second-order valence-electron chi connectivity index (χ2n) is 7.69. The van der Waals surface area contributed by atoms with E-state index in [2.05, 4.69) is 42.7 Å². The zero-order valence-electron chi connectivity index (χ0n) is 18.9. The molecule has 5 nitrogen and oxygen atoms in total. The number of aryl methyl sites for hydroxylation is 3. The van der Waals surface area contributed by atoms with Crippen LogP contribution in [0.2, 0.25) is 5.02 Å². The molecule has 0 spiro atoms. The molecule has 0 radical (unpaired) electrons. The fourth-order valence-electron chi connectivity index (χ4n) is 3.15. The summed E-state index contributed by atoms with van der Waals surface area (Å²) in [6, 6.07) is 17.5. The Balaban J connectivity index is 1.66. The second-order valence-corrected chi connectivity index (χ2v) is 8.10. The highest BCUT2D eigenvalue weighted by atomic mass is 35.5. The normalized spacial score (nSPS) is 10.5. The van der Waals surface area contributed by atoms with Crippen LogP contribution in [-0.4, -0.2) is 19.1 Å². The van der Waals surface area contributed by atoms with Crippen molar-refractivity contribution in [2.75, 3.05) is 23.8 Å².